The molecule has 0 radical (unpaired) electrons. The lowest BCUT2D eigenvalue weighted by Crippen LogP contribution is -2.44. The number of piperidine rings is 1. The van der Waals surface area contributed by atoms with Crippen LogP contribution in [0.2, 0.25) is 0 Å². The Labute approximate surface area is 113 Å². The molecule has 0 bridgehead atoms. The van der Waals surface area contributed by atoms with Gasteiger partial charge < -0.3 is 9.80 Å². The fraction of sp³-hybridized carbons (Fsp3) is 0.692. The van der Waals surface area contributed by atoms with Crippen LogP contribution in [-0.4, -0.2) is 53.9 Å². The number of rotatable bonds is 2. The van der Waals surface area contributed by atoms with Crippen molar-refractivity contribution in [2.45, 2.75) is 32.7 Å². The maximum Gasteiger partial charge on any atom is 0.273 e. The number of nitrogens with zero attached hydrogens (tertiary/aromatic N) is 3. The van der Waals surface area contributed by atoms with Gasteiger partial charge in [0.15, 0.2) is 0 Å². The van der Waals surface area contributed by atoms with Gasteiger partial charge in [-0.2, -0.15) is 0 Å². The van der Waals surface area contributed by atoms with E-state index >= 15 is 0 Å². The number of hydrogen-bond donors (Lipinski definition) is 0. The van der Waals surface area contributed by atoms with E-state index in [4.69, 9.17) is 0 Å². The van der Waals surface area contributed by atoms with Crippen LogP contribution in [0.15, 0.2) is 0 Å². The molecule has 18 heavy (non-hydrogen) atoms. The van der Waals surface area contributed by atoms with Crippen LogP contribution in [0, 0.1) is 13.8 Å². The molecule has 100 valence electrons. The first-order valence-corrected chi connectivity index (χ1v) is 7.20. The fourth-order valence-electron chi connectivity index (χ4n) is 2.44. The number of aromatic nitrogens is 1. The molecule has 0 unspecified atom stereocenters. The van der Waals surface area contributed by atoms with Gasteiger partial charge in [0.2, 0.25) is 0 Å². The minimum Gasteiger partial charge on any atom is -0.337 e. The van der Waals surface area contributed by atoms with E-state index in [1.807, 2.05) is 25.8 Å². The summed E-state index contributed by atoms with van der Waals surface area (Å²) in [7, 11) is 4.04. The van der Waals surface area contributed by atoms with E-state index in [1.54, 1.807) is 11.3 Å². The predicted octanol–water partition coefficient (Wildman–Crippen LogP) is 1.93. The van der Waals surface area contributed by atoms with Crippen LogP contribution in [0.5, 0.6) is 0 Å². The fourth-order valence-corrected chi connectivity index (χ4v) is 3.25. The van der Waals surface area contributed by atoms with E-state index in [0.717, 1.165) is 35.8 Å². The molecule has 1 aromatic heterocycles. The zero-order chi connectivity index (χ0) is 13.3. The average Bonchev–Trinajstić information content (AvgIpc) is 2.67. The Morgan fingerprint density at radius 2 is 2.00 bits per heavy atom. The molecule has 1 aromatic rings. The Bertz CT molecular complexity index is 435. The summed E-state index contributed by atoms with van der Waals surface area (Å²) in [5, 5.41) is 0.965. The van der Waals surface area contributed by atoms with Gasteiger partial charge in [-0.25, -0.2) is 4.98 Å². The summed E-state index contributed by atoms with van der Waals surface area (Å²) in [4.78, 5) is 22.0. The normalized spacial score (nSPS) is 18.0. The smallest absolute Gasteiger partial charge is 0.273 e. The predicted molar refractivity (Wildman–Crippen MR) is 74.2 cm³/mol. The molecule has 5 heteroatoms. The minimum absolute atomic E-state index is 0.0754. The molecule has 1 fully saturated rings. The second-order valence-corrected chi connectivity index (χ2v) is 6.50. The highest BCUT2D eigenvalue weighted by Crippen LogP contribution is 2.21. The van der Waals surface area contributed by atoms with Crippen molar-refractivity contribution >= 4 is 17.2 Å². The third-order valence-corrected chi connectivity index (χ3v) is 4.55. The third-order valence-electron chi connectivity index (χ3n) is 3.66. The summed E-state index contributed by atoms with van der Waals surface area (Å²) in [5.74, 6) is 0.0754. The van der Waals surface area contributed by atoms with E-state index < -0.39 is 0 Å². The van der Waals surface area contributed by atoms with Crippen molar-refractivity contribution in [3.8, 4) is 0 Å². The van der Waals surface area contributed by atoms with Crippen LogP contribution >= 0.6 is 11.3 Å². The zero-order valence-electron chi connectivity index (χ0n) is 11.6. The number of likely N-dealkylation sites (tertiary alicyclic amines) is 1. The lowest BCUT2D eigenvalue weighted by atomic mass is 10.0. The Balaban J connectivity index is 2.07. The van der Waals surface area contributed by atoms with E-state index in [-0.39, 0.29) is 5.91 Å². The van der Waals surface area contributed by atoms with Crippen molar-refractivity contribution in [1.82, 2.24) is 14.8 Å². The van der Waals surface area contributed by atoms with E-state index in [9.17, 15) is 4.79 Å². The summed E-state index contributed by atoms with van der Waals surface area (Å²) in [5.41, 5.74) is 0.638. The molecule has 0 saturated carbocycles. The van der Waals surface area contributed by atoms with Gasteiger partial charge in [-0.05, 0) is 46.8 Å². The largest absolute Gasteiger partial charge is 0.337 e. The van der Waals surface area contributed by atoms with Gasteiger partial charge >= 0.3 is 0 Å². The number of amides is 1. The van der Waals surface area contributed by atoms with Crippen LogP contribution in [0.4, 0.5) is 0 Å². The molecule has 1 saturated heterocycles. The maximum absolute atomic E-state index is 12.4. The Morgan fingerprint density at radius 3 is 2.50 bits per heavy atom. The molecule has 2 heterocycles. The molecule has 2 rings (SSSR count). The number of aryl methyl sites for hydroxylation is 2. The van der Waals surface area contributed by atoms with Crippen LogP contribution < -0.4 is 0 Å². The summed E-state index contributed by atoms with van der Waals surface area (Å²) in [6.45, 7) is 6.05. The third kappa shape index (κ3) is 2.72. The van der Waals surface area contributed by atoms with Crippen LogP contribution in [0.25, 0.3) is 0 Å². The van der Waals surface area contributed by atoms with Crippen molar-refractivity contribution in [2.24, 2.45) is 0 Å². The zero-order valence-corrected chi connectivity index (χ0v) is 12.4. The second kappa shape index (κ2) is 5.36. The quantitative estimate of drug-likeness (QED) is 0.821. The van der Waals surface area contributed by atoms with Crippen LogP contribution in [-0.2, 0) is 0 Å². The first-order chi connectivity index (χ1) is 8.49. The summed E-state index contributed by atoms with van der Waals surface area (Å²) in [6.07, 6.45) is 2.11. The van der Waals surface area contributed by atoms with Crippen molar-refractivity contribution in [1.29, 1.82) is 0 Å². The van der Waals surface area contributed by atoms with Gasteiger partial charge in [-0.15, -0.1) is 11.3 Å². The first-order valence-electron chi connectivity index (χ1n) is 6.38. The average molecular weight is 267 g/mol. The second-order valence-electron chi connectivity index (χ2n) is 5.09. The molecule has 1 aliphatic rings. The molecule has 0 aliphatic carbocycles. The van der Waals surface area contributed by atoms with Crippen molar-refractivity contribution in [3.05, 3.63) is 15.6 Å². The Hall–Kier alpha value is -0.940. The maximum atomic E-state index is 12.4. The monoisotopic (exact) mass is 267 g/mol. The number of carbonyl (C=O) groups excluding carboxylic acids is 1. The summed E-state index contributed by atoms with van der Waals surface area (Å²) >= 11 is 1.60. The molecule has 0 N–H and O–H groups in total. The highest BCUT2D eigenvalue weighted by Gasteiger charge is 2.26. The van der Waals surface area contributed by atoms with Crippen molar-refractivity contribution in [3.63, 3.8) is 0 Å². The topological polar surface area (TPSA) is 36.4 Å². The molecule has 1 amide bonds. The summed E-state index contributed by atoms with van der Waals surface area (Å²) < 4.78 is 0. The van der Waals surface area contributed by atoms with Gasteiger partial charge in [-0.1, -0.05) is 0 Å². The molecule has 0 spiro atoms. The molecule has 1 aliphatic heterocycles. The molecular weight excluding hydrogens is 246 g/mol. The van der Waals surface area contributed by atoms with E-state index in [0.29, 0.717) is 11.7 Å². The molecule has 0 aromatic carbocycles. The summed E-state index contributed by atoms with van der Waals surface area (Å²) in [6, 6.07) is 0.357. The van der Waals surface area contributed by atoms with Crippen molar-refractivity contribution in [2.75, 3.05) is 27.2 Å². The van der Waals surface area contributed by atoms with Gasteiger partial charge in [0.1, 0.15) is 5.69 Å². The van der Waals surface area contributed by atoms with Crippen LogP contribution in [0.3, 0.4) is 0 Å². The number of thiazole rings is 1. The highest BCUT2D eigenvalue weighted by atomic mass is 32.1. The SMILES string of the molecule is Cc1nc(C(=O)N(C)C2CCN(C)CC2)c(C)s1. The number of carbonyl (C=O) groups is 1. The highest BCUT2D eigenvalue weighted by molar-refractivity contribution is 7.11. The Morgan fingerprint density at radius 1 is 1.39 bits per heavy atom. The Kier molecular flexibility index (Phi) is 4.02. The molecular formula is C13H21N3OS. The van der Waals surface area contributed by atoms with E-state index in [1.165, 1.54) is 0 Å². The van der Waals surface area contributed by atoms with E-state index in [2.05, 4.69) is 16.9 Å². The van der Waals surface area contributed by atoms with Gasteiger partial charge in [0, 0.05) is 18.0 Å². The molecule has 4 nitrogen and oxygen atoms in total. The van der Waals surface area contributed by atoms with Gasteiger partial charge in [0.25, 0.3) is 5.91 Å². The van der Waals surface area contributed by atoms with Crippen LogP contribution in [0.1, 0.15) is 33.2 Å². The standard InChI is InChI=1S/C13H21N3OS/c1-9-12(14-10(2)18-9)13(17)16(4)11-5-7-15(3)8-6-11/h11H,5-8H2,1-4H3. The van der Waals surface area contributed by atoms with Crippen molar-refractivity contribution < 1.29 is 4.79 Å². The van der Waals surface area contributed by atoms with Gasteiger partial charge in [0.05, 0.1) is 5.01 Å². The van der Waals surface area contributed by atoms with Gasteiger partial charge in [-0.3, -0.25) is 4.79 Å². The lowest BCUT2D eigenvalue weighted by Gasteiger charge is -2.34. The number of hydrogen-bond acceptors (Lipinski definition) is 4. The minimum atomic E-state index is 0.0754. The lowest BCUT2D eigenvalue weighted by molar-refractivity contribution is 0.0653. The first kappa shape index (κ1) is 13.5. The molecule has 0 atom stereocenters.